The van der Waals surface area contributed by atoms with Crippen molar-refractivity contribution in [1.82, 2.24) is 0 Å². The molecule has 4 aliphatic carbocycles. The van der Waals surface area contributed by atoms with Gasteiger partial charge < -0.3 is 9.47 Å². The highest BCUT2D eigenvalue weighted by atomic mass is 32.2. The second-order valence-electron chi connectivity index (χ2n) is 13.9. The molecule has 0 saturated heterocycles. The number of alkyl halides is 2. The van der Waals surface area contributed by atoms with E-state index in [1.807, 2.05) is 0 Å². The highest BCUT2D eigenvalue weighted by Crippen LogP contribution is 2.67. The Kier molecular flexibility index (Phi) is 8.84. The van der Waals surface area contributed by atoms with Crippen LogP contribution in [0.4, 0.5) is 13.6 Å². The van der Waals surface area contributed by atoms with Gasteiger partial charge in [-0.1, -0.05) is 65.5 Å². The van der Waals surface area contributed by atoms with Crippen molar-refractivity contribution in [3.63, 3.8) is 0 Å². The molecular formula is C30H48F2O6S. The summed E-state index contributed by atoms with van der Waals surface area (Å²) in [5.41, 5.74) is 1.75. The minimum atomic E-state index is -5.67. The first-order chi connectivity index (χ1) is 18.1. The largest absolute Gasteiger partial charge is 0.508 e. The molecule has 0 aromatic rings. The number of ether oxygens (including phenoxy) is 2. The number of halogens is 2. The first kappa shape index (κ1) is 30.7. The van der Waals surface area contributed by atoms with E-state index in [1.54, 1.807) is 0 Å². The first-order valence-electron chi connectivity index (χ1n) is 15.0. The summed E-state index contributed by atoms with van der Waals surface area (Å²) in [6.07, 6.45) is 12.7. The number of carbonyl (C=O) groups is 1. The van der Waals surface area contributed by atoms with Crippen molar-refractivity contribution in [2.24, 2.45) is 46.3 Å². The molecule has 1 N–H and O–H groups in total. The van der Waals surface area contributed by atoms with Gasteiger partial charge in [0, 0.05) is 6.42 Å². The van der Waals surface area contributed by atoms with Crippen molar-refractivity contribution in [2.45, 2.75) is 117 Å². The SMILES string of the molecule is CC(C)CCC[C@@H](C)[C@H]1CC[C@H]2[C@@H]3CC=C4C[C@@H](OC(=O)OCC(F)(F)S(=O)(=O)O)CC[C@]4(C)[C@H]3CC[C@]12C. The number of carbonyl (C=O) groups excluding carboxylic acids is 1. The molecule has 6 nitrogen and oxygen atoms in total. The van der Waals surface area contributed by atoms with Gasteiger partial charge in [-0.15, -0.1) is 0 Å². The molecule has 0 aromatic carbocycles. The van der Waals surface area contributed by atoms with Gasteiger partial charge in [0.25, 0.3) is 0 Å². The second-order valence-corrected chi connectivity index (χ2v) is 15.5. The average molecular weight is 575 g/mol. The molecule has 3 saturated carbocycles. The van der Waals surface area contributed by atoms with E-state index in [4.69, 9.17) is 9.29 Å². The molecular weight excluding hydrogens is 526 g/mol. The van der Waals surface area contributed by atoms with Crippen LogP contribution in [-0.2, 0) is 19.6 Å². The lowest BCUT2D eigenvalue weighted by atomic mass is 9.47. The van der Waals surface area contributed by atoms with Crippen molar-refractivity contribution in [3.8, 4) is 0 Å². The Bertz CT molecular complexity index is 1040. The zero-order valence-corrected chi connectivity index (χ0v) is 25.1. The maximum absolute atomic E-state index is 13.4. The van der Waals surface area contributed by atoms with Gasteiger partial charge in [-0.05, 0) is 91.3 Å². The molecule has 4 rings (SSSR count). The summed E-state index contributed by atoms with van der Waals surface area (Å²) in [4.78, 5) is 12.0. The Balaban J connectivity index is 1.37. The average Bonchev–Trinajstić information content (AvgIpc) is 3.19. The van der Waals surface area contributed by atoms with Gasteiger partial charge in [-0.25, -0.2) is 4.79 Å². The Morgan fingerprint density at radius 1 is 1.10 bits per heavy atom. The molecule has 0 aliphatic heterocycles. The quantitative estimate of drug-likeness (QED) is 0.170. The van der Waals surface area contributed by atoms with E-state index in [2.05, 4.69) is 45.4 Å². The molecule has 3 fully saturated rings. The molecule has 4 aliphatic rings. The number of allylic oxidation sites excluding steroid dienone is 1. The van der Waals surface area contributed by atoms with E-state index >= 15 is 0 Å². The van der Waals surface area contributed by atoms with Gasteiger partial charge in [0.2, 0.25) is 0 Å². The van der Waals surface area contributed by atoms with Crippen LogP contribution in [0.5, 0.6) is 0 Å². The molecule has 0 bridgehead atoms. The van der Waals surface area contributed by atoms with Crippen LogP contribution in [0, 0.1) is 46.3 Å². The fraction of sp³-hybridized carbons (Fsp3) is 0.900. The van der Waals surface area contributed by atoms with E-state index < -0.39 is 34.2 Å². The maximum atomic E-state index is 13.4. The second kappa shape index (κ2) is 11.2. The van der Waals surface area contributed by atoms with Gasteiger partial charge in [-0.3, -0.25) is 4.55 Å². The summed E-state index contributed by atoms with van der Waals surface area (Å²) in [7, 11) is -5.67. The summed E-state index contributed by atoms with van der Waals surface area (Å²) in [5, 5.41) is -4.57. The van der Waals surface area contributed by atoms with E-state index in [0.717, 1.165) is 36.5 Å². The molecule has 39 heavy (non-hydrogen) atoms. The lowest BCUT2D eigenvalue weighted by Crippen LogP contribution is -2.51. The minimum absolute atomic E-state index is 0.0486. The third-order valence-electron chi connectivity index (χ3n) is 11.3. The van der Waals surface area contributed by atoms with Crippen molar-refractivity contribution in [1.29, 1.82) is 0 Å². The van der Waals surface area contributed by atoms with Crippen molar-refractivity contribution < 1.29 is 36.0 Å². The van der Waals surface area contributed by atoms with Crippen LogP contribution in [0.15, 0.2) is 11.6 Å². The molecule has 0 unspecified atom stereocenters. The molecule has 0 amide bonds. The fourth-order valence-corrected chi connectivity index (χ4v) is 9.35. The predicted octanol–water partition coefficient (Wildman–Crippen LogP) is 8.03. The summed E-state index contributed by atoms with van der Waals surface area (Å²) in [6.45, 7) is 10.3. The summed E-state index contributed by atoms with van der Waals surface area (Å²) >= 11 is 0. The minimum Gasteiger partial charge on any atom is -0.431 e. The lowest BCUT2D eigenvalue weighted by Gasteiger charge is -2.58. The van der Waals surface area contributed by atoms with Crippen LogP contribution in [-0.4, -0.2) is 37.1 Å². The summed E-state index contributed by atoms with van der Waals surface area (Å²) in [6, 6.07) is 0. The number of fused-ring (bicyclic) bond motifs is 5. The van der Waals surface area contributed by atoms with E-state index in [1.165, 1.54) is 50.5 Å². The summed E-state index contributed by atoms with van der Waals surface area (Å²) in [5.74, 6) is 4.37. The summed E-state index contributed by atoms with van der Waals surface area (Å²) < 4.78 is 66.5. The van der Waals surface area contributed by atoms with Crippen LogP contribution < -0.4 is 0 Å². The Morgan fingerprint density at radius 3 is 2.49 bits per heavy atom. The predicted molar refractivity (Wildman–Crippen MR) is 146 cm³/mol. The smallest absolute Gasteiger partial charge is 0.431 e. The van der Waals surface area contributed by atoms with Gasteiger partial charge in [-0.2, -0.15) is 17.2 Å². The van der Waals surface area contributed by atoms with Crippen molar-refractivity contribution >= 4 is 16.3 Å². The Labute approximate surface area is 233 Å². The monoisotopic (exact) mass is 574 g/mol. The fourth-order valence-electron chi connectivity index (χ4n) is 9.14. The molecule has 0 radical (unpaired) electrons. The van der Waals surface area contributed by atoms with Crippen LogP contribution in [0.25, 0.3) is 0 Å². The third kappa shape index (κ3) is 6.05. The topological polar surface area (TPSA) is 89.9 Å². The molecule has 8 atom stereocenters. The van der Waals surface area contributed by atoms with Gasteiger partial charge in [0.15, 0.2) is 6.61 Å². The van der Waals surface area contributed by atoms with E-state index in [9.17, 15) is 22.0 Å². The van der Waals surface area contributed by atoms with Crippen molar-refractivity contribution in [3.05, 3.63) is 11.6 Å². The van der Waals surface area contributed by atoms with E-state index in [0.29, 0.717) is 30.1 Å². The normalized spacial score (nSPS) is 37.4. The van der Waals surface area contributed by atoms with Crippen LogP contribution in [0.1, 0.15) is 105 Å². The first-order valence-corrected chi connectivity index (χ1v) is 16.4. The Morgan fingerprint density at radius 2 is 1.82 bits per heavy atom. The number of rotatable bonds is 9. The van der Waals surface area contributed by atoms with E-state index in [-0.39, 0.29) is 5.41 Å². The van der Waals surface area contributed by atoms with Crippen LogP contribution in [0.2, 0.25) is 0 Å². The van der Waals surface area contributed by atoms with Gasteiger partial charge in [0.1, 0.15) is 6.10 Å². The van der Waals surface area contributed by atoms with Crippen LogP contribution >= 0.6 is 0 Å². The Hall–Kier alpha value is -1.22. The number of hydrogen-bond donors (Lipinski definition) is 1. The highest BCUT2D eigenvalue weighted by molar-refractivity contribution is 7.86. The van der Waals surface area contributed by atoms with Crippen molar-refractivity contribution in [2.75, 3.05) is 6.61 Å². The zero-order valence-electron chi connectivity index (χ0n) is 24.3. The maximum Gasteiger partial charge on any atom is 0.508 e. The molecule has 0 aromatic heterocycles. The lowest BCUT2D eigenvalue weighted by molar-refractivity contribution is -0.0661. The van der Waals surface area contributed by atoms with Crippen LogP contribution in [0.3, 0.4) is 0 Å². The highest BCUT2D eigenvalue weighted by Gasteiger charge is 2.59. The zero-order chi connectivity index (χ0) is 28.8. The third-order valence-corrected chi connectivity index (χ3v) is 12.1. The van der Waals surface area contributed by atoms with Gasteiger partial charge in [0.05, 0.1) is 0 Å². The standard InChI is InChI=1S/C30H48F2O6S/c1-19(2)7-6-8-20(3)24-11-12-25-23-10-9-21-17-22(38-27(33)37-18-30(31,32)39(34,35)36)13-15-28(21,4)26(23)14-16-29(24,25)5/h9,19-20,22-26H,6-8,10-18H2,1-5H3,(H,34,35,36)/t20-,22+,23+,24-,25+,26+,28+,29-/m1/s1. The van der Waals surface area contributed by atoms with Gasteiger partial charge >= 0.3 is 21.5 Å². The number of hydrogen-bond acceptors (Lipinski definition) is 5. The molecule has 0 heterocycles. The molecule has 224 valence electrons. The molecule has 0 spiro atoms. The molecule has 9 heteroatoms.